The van der Waals surface area contributed by atoms with Gasteiger partial charge >= 0.3 is 58.4 Å². The number of carbonyl (C=O) groups is 1. The van der Waals surface area contributed by atoms with Crippen molar-refractivity contribution in [3.05, 3.63) is 0 Å². The monoisotopic (exact) mass is 289 g/mol. The summed E-state index contributed by atoms with van der Waals surface area (Å²) in [5.74, 6) is -0.0341. The summed E-state index contributed by atoms with van der Waals surface area (Å²) in [5, 5.41) is 0. The van der Waals surface area contributed by atoms with Crippen LogP contribution in [0.2, 0.25) is 0 Å². The third-order valence-corrected chi connectivity index (χ3v) is 3.46. The van der Waals surface area contributed by atoms with Gasteiger partial charge in [-0.25, -0.2) is 0 Å². The molecule has 0 saturated carbocycles. The predicted molar refractivity (Wildman–Crippen MR) is 62.5 cm³/mol. The van der Waals surface area contributed by atoms with Crippen LogP contribution in [0.25, 0.3) is 0 Å². The van der Waals surface area contributed by atoms with Gasteiger partial charge in [0.2, 0.25) is 5.91 Å². The number of nitrogens with zero attached hydrogens (tertiary/aromatic N) is 1. The van der Waals surface area contributed by atoms with Crippen molar-refractivity contribution in [1.29, 1.82) is 0 Å². The minimum Gasteiger partial charge on any atom is -0.448 e. The van der Waals surface area contributed by atoms with Crippen molar-refractivity contribution in [2.75, 3.05) is 13.0 Å². The van der Waals surface area contributed by atoms with E-state index in [1.807, 2.05) is 0 Å². The molecule has 1 atom stereocenters. The first-order chi connectivity index (χ1) is 7.59. The molecule has 0 aliphatic carbocycles. The van der Waals surface area contributed by atoms with Crippen molar-refractivity contribution in [3.63, 3.8) is 0 Å². The molecular weight excluding hydrogens is 269 g/mol. The molecule has 1 aliphatic heterocycles. The van der Waals surface area contributed by atoms with Gasteiger partial charge in [-0.05, 0) is 30.6 Å². The van der Waals surface area contributed by atoms with E-state index >= 15 is 0 Å². The van der Waals surface area contributed by atoms with E-state index in [4.69, 9.17) is 0 Å². The van der Waals surface area contributed by atoms with E-state index in [9.17, 15) is 17.7 Å². The fourth-order valence-corrected chi connectivity index (χ4v) is 2.35. The summed E-state index contributed by atoms with van der Waals surface area (Å²) in [7, 11) is 0. The van der Waals surface area contributed by atoms with Gasteiger partial charge in [0.15, 0.2) is 0 Å². The molecule has 1 fully saturated rings. The fraction of sp³-hybridized carbons (Fsp3) is 0.909. The molecular formula is C11H20BF3KNO. The number of amides is 1. The zero-order valence-corrected chi connectivity index (χ0v) is 14.8. The summed E-state index contributed by atoms with van der Waals surface area (Å²) < 4.78 is 37.0. The Morgan fingerprint density at radius 2 is 1.83 bits per heavy atom. The molecule has 1 amide bonds. The molecule has 1 unspecified atom stereocenters. The zero-order valence-electron chi connectivity index (χ0n) is 11.7. The number of hydrogen-bond acceptors (Lipinski definition) is 1. The topological polar surface area (TPSA) is 20.3 Å². The van der Waals surface area contributed by atoms with Gasteiger partial charge in [0.1, 0.15) is 0 Å². The molecule has 0 N–H and O–H groups in total. The Kier molecular flexibility index (Phi) is 7.49. The van der Waals surface area contributed by atoms with Crippen LogP contribution in [0.5, 0.6) is 0 Å². The number of halogens is 3. The van der Waals surface area contributed by atoms with E-state index in [2.05, 4.69) is 20.8 Å². The van der Waals surface area contributed by atoms with Crippen molar-refractivity contribution in [2.24, 2.45) is 11.3 Å². The first kappa shape index (κ1) is 19.0. The van der Waals surface area contributed by atoms with Crippen LogP contribution in [-0.2, 0) is 4.79 Å². The molecule has 0 bridgehead atoms. The minimum absolute atomic E-state index is 0. The maximum Gasteiger partial charge on any atom is 1.00 e. The maximum atomic E-state index is 12.3. The maximum absolute atomic E-state index is 12.3. The number of likely N-dealkylation sites (tertiary alicyclic amines) is 1. The summed E-state index contributed by atoms with van der Waals surface area (Å²) in [6, 6.07) is 0. The Labute approximate surface area is 150 Å². The molecule has 100 valence electrons. The Morgan fingerprint density at radius 3 is 2.28 bits per heavy atom. The molecule has 0 aromatic carbocycles. The first-order valence-electron chi connectivity index (χ1n) is 6.08. The molecule has 1 aliphatic rings. The molecule has 18 heavy (non-hydrogen) atoms. The second kappa shape index (κ2) is 7.11. The molecule has 1 rings (SSSR count). The van der Waals surface area contributed by atoms with Gasteiger partial charge in [0.25, 0.3) is 0 Å². The second-order valence-electron chi connectivity index (χ2n) is 5.94. The summed E-state index contributed by atoms with van der Waals surface area (Å²) in [6.07, 6.45) is 0.564. The molecule has 0 spiro atoms. The number of rotatable bonds is 2. The summed E-state index contributed by atoms with van der Waals surface area (Å²) >= 11 is 0. The van der Waals surface area contributed by atoms with Gasteiger partial charge in [-0.1, -0.05) is 20.8 Å². The van der Waals surface area contributed by atoms with E-state index in [0.29, 0.717) is 18.8 Å². The van der Waals surface area contributed by atoms with Gasteiger partial charge in [-0.2, -0.15) is 0 Å². The molecule has 0 radical (unpaired) electrons. The van der Waals surface area contributed by atoms with Gasteiger partial charge in [0.05, 0.1) is 0 Å². The Morgan fingerprint density at radius 1 is 1.28 bits per heavy atom. The summed E-state index contributed by atoms with van der Waals surface area (Å²) in [6.45, 7) is 1.55. The number of hydrogen-bond donors (Lipinski definition) is 0. The van der Waals surface area contributed by atoms with Crippen molar-refractivity contribution < 1.29 is 69.1 Å². The van der Waals surface area contributed by atoms with Crippen LogP contribution in [0.4, 0.5) is 12.9 Å². The Balaban J connectivity index is 0.00000289. The van der Waals surface area contributed by atoms with E-state index in [1.54, 1.807) is 0 Å². The van der Waals surface area contributed by atoms with E-state index < -0.39 is 13.4 Å². The van der Waals surface area contributed by atoms with Crippen LogP contribution < -0.4 is 51.4 Å². The average Bonchev–Trinajstić information content (AvgIpc) is 2.26. The minimum atomic E-state index is -4.91. The fourth-order valence-electron chi connectivity index (χ4n) is 2.35. The normalized spacial score (nSPS) is 22.4. The van der Waals surface area contributed by atoms with Crippen molar-refractivity contribution in [2.45, 2.75) is 40.0 Å². The molecule has 0 aromatic rings. The van der Waals surface area contributed by atoms with Crippen LogP contribution in [0, 0.1) is 11.3 Å². The van der Waals surface area contributed by atoms with E-state index in [0.717, 1.165) is 4.90 Å². The standard InChI is InChI=1S/C11H20BF3NO.K/c1-11(2,3)9-4-5-10(17)16(7-6-9)8-12(13,14)15;/h9H,4-8H2,1-3H3;/q-1;+1. The van der Waals surface area contributed by atoms with E-state index in [1.165, 1.54) is 0 Å². The Bertz CT molecular complexity index is 291. The first-order valence-corrected chi connectivity index (χ1v) is 6.08. The van der Waals surface area contributed by atoms with Crippen LogP contribution in [0.3, 0.4) is 0 Å². The number of carbonyl (C=O) groups excluding carboxylic acids is 1. The quantitative estimate of drug-likeness (QED) is 0.658. The van der Waals surface area contributed by atoms with E-state index in [-0.39, 0.29) is 75.7 Å². The third kappa shape index (κ3) is 6.41. The van der Waals surface area contributed by atoms with Gasteiger partial charge < -0.3 is 17.8 Å². The summed E-state index contributed by atoms with van der Waals surface area (Å²) in [4.78, 5) is 12.6. The molecule has 2 nitrogen and oxygen atoms in total. The molecule has 1 heterocycles. The third-order valence-electron chi connectivity index (χ3n) is 3.46. The van der Waals surface area contributed by atoms with Crippen LogP contribution in [-0.4, -0.2) is 30.8 Å². The van der Waals surface area contributed by atoms with Gasteiger partial charge in [-0.15, -0.1) is 0 Å². The molecule has 1 saturated heterocycles. The zero-order chi connectivity index (χ0) is 13.3. The van der Waals surface area contributed by atoms with Crippen molar-refractivity contribution in [1.82, 2.24) is 4.90 Å². The van der Waals surface area contributed by atoms with Crippen LogP contribution in [0.15, 0.2) is 0 Å². The second-order valence-corrected chi connectivity index (χ2v) is 5.94. The van der Waals surface area contributed by atoms with Crippen LogP contribution >= 0.6 is 0 Å². The van der Waals surface area contributed by atoms with Crippen molar-refractivity contribution >= 4 is 12.9 Å². The van der Waals surface area contributed by atoms with Crippen molar-refractivity contribution in [3.8, 4) is 0 Å². The summed E-state index contributed by atoms with van der Waals surface area (Å²) in [5.41, 5.74) is 0.0552. The molecule has 0 aromatic heterocycles. The Hall–Kier alpha value is 0.961. The average molecular weight is 289 g/mol. The molecule has 7 heteroatoms. The smallest absolute Gasteiger partial charge is 0.448 e. The van der Waals surface area contributed by atoms with Gasteiger partial charge in [-0.3, -0.25) is 4.79 Å². The largest absolute Gasteiger partial charge is 1.00 e. The van der Waals surface area contributed by atoms with Crippen LogP contribution in [0.1, 0.15) is 40.0 Å². The predicted octanol–water partition coefficient (Wildman–Crippen LogP) is 0.0518. The van der Waals surface area contributed by atoms with Gasteiger partial charge in [0, 0.05) is 13.0 Å². The SMILES string of the molecule is CC(C)(C)C1CCC(=O)N(C[B-](F)(F)F)CC1.[K+].